The summed E-state index contributed by atoms with van der Waals surface area (Å²) in [5.41, 5.74) is -0.141. The molecule has 2 nitrogen and oxygen atoms in total. The van der Waals surface area contributed by atoms with E-state index in [9.17, 15) is 5.11 Å². The van der Waals surface area contributed by atoms with Crippen molar-refractivity contribution in [1.29, 1.82) is 0 Å². The van der Waals surface area contributed by atoms with E-state index in [4.69, 9.17) is 0 Å². The van der Waals surface area contributed by atoms with Crippen molar-refractivity contribution in [3.8, 4) is 0 Å². The van der Waals surface area contributed by atoms with Crippen molar-refractivity contribution in [2.75, 3.05) is 13.1 Å². The lowest BCUT2D eigenvalue weighted by atomic mass is 9.95. The molecule has 0 aliphatic carbocycles. The zero-order valence-electron chi connectivity index (χ0n) is 8.08. The Morgan fingerprint density at radius 2 is 1.92 bits per heavy atom. The van der Waals surface area contributed by atoms with Crippen LogP contribution in [0.3, 0.4) is 0 Å². The van der Waals surface area contributed by atoms with Gasteiger partial charge in [-0.3, -0.25) is 4.90 Å². The van der Waals surface area contributed by atoms with Crippen LogP contribution in [0, 0.1) is 0 Å². The molecule has 1 N–H and O–H groups in total. The van der Waals surface area contributed by atoms with Crippen LogP contribution in [0.2, 0.25) is 0 Å². The zero-order valence-corrected chi connectivity index (χ0v) is 8.08. The number of aliphatic hydroxyl groups excluding tert-OH is 1. The molecule has 12 heavy (non-hydrogen) atoms. The maximum Gasteiger partial charge on any atom is 0.0896 e. The predicted molar refractivity (Wildman–Crippen MR) is 51.1 cm³/mol. The van der Waals surface area contributed by atoms with Gasteiger partial charge in [0.05, 0.1) is 6.10 Å². The Kier molecular flexibility index (Phi) is 2.91. The monoisotopic (exact) mass is 169 g/mol. The van der Waals surface area contributed by atoms with Crippen LogP contribution in [-0.2, 0) is 0 Å². The van der Waals surface area contributed by atoms with Gasteiger partial charge in [-0.15, -0.1) is 6.58 Å². The summed E-state index contributed by atoms with van der Waals surface area (Å²) in [7, 11) is 0. The summed E-state index contributed by atoms with van der Waals surface area (Å²) in [6.07, 6.45) is 3.72. The second-order valence-electron chi connectivity index (χ2n) is 4.03. The number of hydrogen-bond donors (Lipinski definition) is 1. The van der Waals surface area contributed by atoms with Crippen LogP contribution in [0.15, 0.2) is 12.7 Å². The van der Waals surface area contributed by atoms with Gasteiger partial charge in [0.1, 0.15) is 0 Å². The molecule has 1 rings (SSSR count). The minimum absolute atomic E-state index is 0.141. The summed E-state index contributed by atoms with van der Waals surface area (Å²) in [5.74, 6) is 0. The fourth-order valence-electron chi connectivity index (χ4n) is 1.77. The van der Waals surface area contributed by atoms with Crippen LogP contribution in [0.1, 0.15) is 26.7 Å². The number of nitrogens with zero attached hydrogens (tertiary/aromatic N) is 1. The minimum Gasteiger partial charge on any atom is -0.387 e. The maximum absolute atomic E-state index is 9.69. The van der Waals surface area contributed by atoms with E-state index in [1.54, 1.807) is 6.08 Å². The number of hydrogen-bond acceptors (Lipinski definition) is 2. The summed E-state index contributed by atoms with van der Waals surface area (Å²) in [4.78, 5) is 2.33. The van der Waals surface area contributed by atoms with E-state index in [1.165, 1.54) is 12.8 Å². The molecule has 0 aromatic carbocycles. The first-order chi connectivity index (χ1) is 5.59. The third kappa shape index (κ3) is 1.70. The molecule has 1 saturated heterocycles. The van der Waals surface area contributed by atoms with Gasteiger partial charge in [-0.25, -0.2) is 0 Å². The molecule has 0 radical (unpaired) electrons. The molecule has 0 aromatic heterocycles. The largest absolute Gasteiger partial charge is 0.387 e. The van der Waals surface area contributed by atoms with E-state index in [1.807, 2.05) is 0 Å². The Hall–Kier alpha value is -0.340. The molecule has 2 heteroatoms. The average Bonchev–Trinajstić information content (AvgIpc) is 2.55. The molecule has 0 bridgehead atoms. The molecule has 0 amide bonds. The van der Waals surface area contributed by atoms with Gasteiger partial charge in [0.15, 0.2) is 0 Å². The van der Waals surface area contributed by atoms with Crippen LogP contribution in [0.25, 0.3) is 0 Å². The Balaban J connectivity index is 2.61. The van der Waals surface area contributed by atoms with Crippen molar-refractivity contribution >= 4 is 0 Å². The van der Waals surface area contributed by atoms with Gasteiger partial charge in [0.25, 0.3) is 0 Å². The highest BCUT2D eigenvalue weighted by Gasteiger charge is 2.33. The van der Waals surface area contributed by atoms with E-state index < -0.39 is 6.10 Å². The average molecular weight is 169 g/mol. The van der Waals surface area contributed by atoms with Gasteiger partial charge in [-0.2, -0.15) is 0 Å². The smallest absolute Gasteiger partial charge is 0.0896 e. The minimum atomic E-state index is -0.421. The normalized spacial score (nSPS) is 22.6. The summed E-state index contributed by atoms with van der Waals surface area (Å²) in [5, 5.41) is 9.69. The van der Waals surface area contributed by atoms with Crippen molar-refractivity contribution < 1.29 is 5.11 Å². The quantitative estimate of drug-likeness (QED) is 0.646. The van der Waals surface area contributed by atoms with Crippen LogP contribution in [-0.4, -0.2) is 34.7 Å². The molecule has 1 heterocycles. The Morgan fingerprint density at radius 3 is 2.33 bits per heavy atom. The second-order valence-corrected chi connectivity index (χ2v) is 4.03. The van der Waals surface area contributed by atoms with E-state index in [0.29, 0.717) is 0 Å². The summed E-state index contributed by atoms with van der Waals surface area (Å²) in [6.45, 7) is 9.99. The molecule has 70 valence electrons. The molecule has 0 spiro atoms. The van der Waals surface area contributed by atoms with Crippen molar-refractivity contribution in [2.24, 2.45) is 0 Å². The second kappa shape index (κ2) is 3.58. The van der Waals surface area contributed by atoms with Gasteiger partial charge in [-0.05, 0) is 39.8 Å². The zero-order chi connectivity index (χ0) is 9.19. The predicted octanol–water partition coefficient (Wildman–Crippen LogP) is 1.41. The molecule has 1 unspecified atom stereocenters. The third-order valence-corrected chi connectivity index (χ3v) is 2.87. The van der Waals surface area contributed by atoms with Crippen LogP contribution >= 0.6 is 0 Å². The van der Waals surface area contributed by atoms with E-state index in [-0.39, 0.29) is 5.54 Å². The highest BCUT2D eigenvalue weighted by atomic mass is 16.3. The summed E-state index contributed by atoms with van der Waals surface area (Å²) >= 11 is 0. The Labute approximate surface area is 74.9 Å². The van der Waals surface area contributed by atoms with Crippen LogP contribution < -0.4 is 0 Å². The van der Waals surface area contributed by atoms with Crippen LogP contribution in [0.5, 0.6) is 0 Å². The molecule has 0 aromatic rings. The molecule has 1 aliphatic heterocycles. The van der Waals surface area contributed by atoms with Gasteiger partial charge in [0, 0.05) is 5.54 Å². The Morgan fingerprint density at radius 1 is 1.42 bits per heavy atom. The SMILES string of the molecule is C=CC(O)C(C)(C)N1CCCC1. The lowest BCUT2D eigenvalue weighted by molar-refractivity contribution is 0.0319. The molecular formula is C10H19NO. The molecule has 1 fully saturated rings. The van der Waals surface area contributed by atoms with Gasteiger partial charge in [-0.1, -0.05) is 6.08 Å². The first-order valence-electron chi connectivity index (χ1n) is 4.64. The van der Waals surface area contributed by atoms with Crippen molar-refractivity contribution in [3.63, 3.8) is 0 Å². The van der Waals surface area contributed by atoms with E-state index in [0.717, 1.165) is 13.1 Å². The number of aliphatic hydroxyl groups is 1. The lowest BCUT2D eigenvalue weighted by Crippen LogP contribution is -2.50. The van der Waals surface area contributed by atoms with E-state index in [2.05, 4.69) is 25.3 Å². The number of likely N-dealkylation sites (tertiary alicyclic amines) is 1. The molecule has 0 saturated carbocycles. The highest BCUT2D eigenvalue weighted by Crippen LogP contribution is 2.24. The summed E-state index contributed by atoms with van der Waals surface area (Å²) in [6, 6.07) is 0. The standard InChI is InChI=1S/C10H19NO/c1-4-9(12)10(2,3)11-7-5-6-8-11/h4,9,12H,1,5-8H2,2-3H3. The first kappa shape index (κ1) is 9.75. The fraction of sp³-hybridized carbons (Fsp3) is 0.800. The maximum atomic E-state index is 9.69. The lowest BCUT2D eigenvalue weighted by Gasteiger charge is -2.38. The van der Waals surface area contributed by atoms with Gasteiger partial charge in [0.2, 0.25) is 0 Å². The molecule has 1 aliphatic rings. The topological polar surface area (TPSA) is 23.5 Å². The van der Waals surface area contributed by atoms with Gasteiger partial charge < -0.3 is 5.11 Å². The molecule has 1 atom stereocenters. The fourth-order valence-corrected chi connectivity index (χ4v) is 1.77. The third-order valence-electron chi connectivity index (χ3n) is 2.87. The molecular weight excluding hydrogens is 150 g/mol. The van der Waals surface area contributed by atoms with Crippen molar-refractivity contribution in [1.82, 2.24) is 4.90 Å². The van der Waals surface area contributed by atoms with E-state index >= 15 is 0 Å². The highest BCUT2D eigenvalue weighted by molar-refractivity contribution is 4.98. The first-order valence-corrected chi connectivity index (χ1v) is 4.64. The van der Waals surface area contributed by atoms with Crippen molar-refractivity contribution in [2.45, 2.75) is 38.3 Å². The summed E-state index contributed by atoms with van der Waals surface area (Å²) < 4.78 is 0. The Bertz CT molecular complexity index is 159. The van der Waals surface area contributed by atoms with Crippen LogP contribution in [0.4, 0.5) is 0 Å². The van der Waals surface area contributed by atoms with Crippen molar-refractivity contribution in [3.05, 3.63) is 12.7 Å². The van der Waals surface area contributed by atoms with Gasteiger partial charge >= 0.3 is 0 Å². The number of rotatable bonds is 3.